The number of ether oxygens (including phenoxy) is 1. The van der Waals surface area contributed by atoms with Gasteiger partial charge in [-0.1, -0.05) is 12.1 Å². The number of hydrogen-bond acceptors (Lipinski definition) is 4. The van der Waals surface area contributed by atoms with Gasteiger partial charge in [0.1, 0.15) is 11.4 Å². The van der Waals surface area contributed by atoms with Gasteiger partial charge in [0.15, 0.2) is 0 Å². The summed E-state index contributed by atoms with van der Waals surface area (Å²) in [5.41, 5.74) is 1.64. The maximum absolute atomic E-state index is 12.1. The van der Waals surface area contributed by atoms with Crippen LogP contribution in [0.2, 0.25) is 0 Å². The molecule has 0 unspecified atom stereocenters. The Bertz CT molecular complexity index is 723. The first-order valence-electron chi connectivity index (χ1n) is 6.52. The zero-order valence-corrected chi connectivity index (χ0v) is 11.9. The molecule has 0 aliphatic carbocycles. The molecule has 0 atom stereocenters. The van der Waals surface area contributed by atoms with Crippen LogP contribution in [-0.4, -0.2) is 22.1 Å². The molecule has 0 radical (unpaired) electrons. The molecule has 2 rings (SSSR count). The molecule has 0 N–H and O–H groups in total. The lowest BCUT2D eigenvalue weighted by atomic mass is 10.1. The fourth-order valence-electron chi connectivity index (χ4n) is 1.91. The predicted molar refractivity (Wildman–Crippen MR) is 78.9 cm³/mol. The summed E-state index contributed by atoms with van der Waals surface area (Å²) in [6.07, 6.45) is 5.06. The fraction of sp³-hybridized carbons (Fsp3) is 0.188. The molecule has 0 saturated heterocycles. The molecule has 0 saturated carbocycles. The largest absolute Gasteiger partial charge is 0.462 e. The van der Waals surface area contributed by atoms with Crippen LogP contribution in [0, 0.1) is 11.3 Å². The average molecular weight is 281 g/mol. The van der Waals surface area contributed by atoms with E-state index in [4.69, 9.17) is 10.00 Å². The van der Waals surface area contributed by atoms with Crippen LogP contribution >= 0.6 is 0 Å². The first-order chi connectivity index (χ1) is 10.2. The van der Waals surface area contributed by atoms with Crippen LogP contribution in [0.5, 0.6) is 0 Å². The molecule has 0 amide bonds. The molecule has 1 aromatic heterocycles. The lowest BCUT2D eigenvalue weighted by molar-refractivity contribution is -0.136. The number of hydrogen-bond donors (Lipinski definition) is 0. The summed E-state index contributed by atoms with van der Waals surface area (Å²) in [5.74, 6) is 0.0879. The van der Waals surface area contributed by atoms with Crippen molar-refractivity contribution in [3.05, 3.63) is 53.6 Å². The van der Waals surface area contributed by atoms with Gasteiger partial charge in [-0.15, -0.1) is 0 Å². The van der Waals surface area contributed by atoms with E-state index in [1.165, 1.54) is 0 Å². The van der Waals surface area contributed by atoms with Crippen molar-refractivity contribution in [3.8, 4) is 6.07 Å². The van der Waals surface area contributed by atoms with Gasteiger partial charge in [0, 0.05) is 19.4 Å². The fourth-order valence-corrected chi connectivity index (χ4v) is 1.91. The van der Waals surface area contributed by atoms with E-state index in [0.717, 1.165) is 5.56 Å². The summed E-state index contributed by atoms with van der Waals surface area (Å²) in [5, 5.41) is 8.94. The Morgan fingerprint density at radius 1 is 1.52 bits per heavy atom. The highest BCUT2D eigenvalue weighted by Crippen LogP contribution is 2.19. The van der Waals surface area contributed by atoms with Gasteiger partial charge in [0.2, 0.25) is 0 Å². The summed E-state index contributed by atoms with van der Waals surface area (Å²) in [6.45, 7) is 2.04. The normalized spacial score (nSPS) is 11.0. The average Bonchev–Trinajstić information content (AvgIpc) is 2.91. The van der Waals surface area contributed by atoms with Crippen molar-refractivity contribution in [1.29, 1.82) is 5.26 Å². The number of imidazole rings is 1. The SMILES string of the molecule is CCOC(=O)/C(=C\c1cccc(C#N)c1)c1nccn1C. The van der Waals surface area contributed by atoms with Crippen LogP contribution in [0.4, 0.5) is 0 Å². The second kappa shape index (κ2) is 6.53. The van der Waals surface area contributed by atoms with Crippen molar-refractivity contribution in [1.82, 2.24) is 9.55 Å². The number of carbonyl (C=O) groups excluding carboxylic acids is 1. The van der Waals surface area contributed by atoms with E-state index < -0.39 is 5.97 Å². The second-order valence-electron chi connectivity index (χ2n) is 4.38. The molecule has 0 spiro atoms. The van der Waals surface area contributed by atoms with Crippen molar-refractivity contribution in [3.63, 3.8) is 0 Å². The van der Waals surface area contributed by atoms with E-state index in [1.807, 2.05) is 6.07 Å². The number of rotatable bonds is 4. The topological polar surface area (TPSA) is 67.9 Å². The van der Waals surface area contributed by atoms with Gasteiger partial charge in [-0.25, -0.2) is 9.78 Å². The second-order valence-corrected chi connectivity index (χ2v) is 4.38. The minimum absolute atomic E-state index is 0.291. The molecule has 5 nitrogen and oxygen atoms in total. The van der Waals surface area contributed by atoms with Crippen molar-refractivity contribution in [2.24, 2.45) is 7.05 Å². The van der Waals surface area contributed by atoms with Crippen LogP contribution < -0.4 is 0 Å². The van der Waals surface area contributed by atoms with Crippen molar-refractivity contribution < 1.29 is 9.53 Å². The van der Waals surface area contributed by atoms with Gasteiger partial charge >= 0.3 is 5.97 Å². The van der Waals surface area contributed by atoms with E-state index in [-0.39, 0.29) is 0 Å². The third kappa shape index (κ3) is 3.37. The number of aryl methyl sites for hydroxylation is 1. The van der Waals surface area contributed by atoms with Gasteiger partial charge in [0.05, 0.1) is 18.2 Å². The Labute approximate surface area is 123 Å². The summed E-state index contributed by atoms with van der Waals surface area (Å²) in [6, 6.07) is 9.09. The lowest BCUT2D eigenvalue weighted by Gasteiger charge is -2.07. The van der Waals surface area contributed by atoms with E-state index in [1.54, 1.807) is 55.2 Å². The van der Waals surface area contributed by atoms with Crippen LogP contribution in [0.25, 0.3) is 11.6 Å². The Hall–Kier alpha value is -2.87. The number of nitriles is 1. The molecule has 1 heterocycles. The maximum atomic E-state index is 12.1. The minimum atomic E-state index is -0.436. The molecule has 106 valence electrons. The third-order valence-electron chi connectivity index (χ3n) is 2.88. The van der Waals surface area contributed by atoms with E-state index in [2.05, 4.69) is 11.1 Å². The van der Waals surface area contributed by atoms with Crippen LogP contribution in [0.3, 0.4) is 0 Å². The van der Waals surface area contributed by atoms with Gasteiger partial charge in [-0.3, -0.25) is 0 Å². The molecular weight excluding hydrogens is 266 g/mol. The zero-order chi connectivity index (χ0) is 15.2. The first-order valence-corrected chi connectivity index (χ1v) is 6.52. The summed E-state index contributed by atoms with van der Waals surface area (Å²) < 4.78 is 6.83. The molecule has 0 bridgehead atoms. The third-order valence-corrected chi connectivity index (χ3v) is 2.88. The number of aromatic nitrogens is 2. The summed E-state index contributed by atoms with van der Waals surface area (Å²) in [7, 11) is 1.81. The van der Waals surface area contributed by atoms with Crippen molar-refractivity contribution in [2.75, 3.05) is 6.61 Å². The number of benzene rings is 1. The van der Waals surface area contributed by atoms with E-state index in [9.17, 15) is 4.79 Å². The molecule has 2 aromatic rings. The molecule has 0 aliphatic heterocycles. The maximum Gasteiger partial charge on any atom is 0.341 e. The number of carbonyl (C=O) groups is 1. The van der Waals surface area contributed by atoms with Gasteiger partial charge in [0.25, 0.3) is 0 Å². The molecular formula is C16H15N3O2. The van der Waals surface area contributed by atoms with E-state index in [0.29, 0.717) is 23.6 Å². The summed E-state index contributed by atoms with van der Waals surface area (Å²) in [4.78, 5) is 16.3. The Kier molecular flexibility index (Phi) is 4.52. The van der Waals surface area contributed by atoms with E-state index >= 15 is 0 Å². The molecule has 0 fully saturated rings. The van der Waals surface area contributed by atoms with Crippen LogP contribution in [0.1, 0.15) is 23.9 Å². The Morgan fingerprint density at radius 2 is 2.33 bits per heavy atom. The van der Waals surface area contributed by atoms with Crippen LogP contribution in [-0.2, 0) is 16.6 Å². The Balaban J connectivity index is 2.49. The van der Waals surface area contributed by atoms with Gasteiger partial charge in [-0.05, 0) is 30.7 Å². The number of nitrogens with zero attached hydrogens (tertiary/aromatic N) is 3. The monoisotopic (exact) mass is 281 g/mol. The van der Waals surface area contributed by atoms with Gasteiger partial charge < -0.3 is 9.30 Å². The summed E-state index contributed by atoms with van der Waals surface area (Å²) >= 11 is 0. The lowest BCUT2D eigenvalue weighted by Crippen LogP contribution is -2.10. The van der Waals surface area contributed by atoms with Crippen molar-refractivity contribution >= 4 is 17.6 Å². The highest BCUT2D eigenvalue weighted by molar-refractivity contribution is 6.20. The molecule has 0 aliphatic rings. The molecule has 5 heteroatoms. The predicted octanol–water partition coefficient (Wildman–Crippen LogP) is 2.40. The smallest absolute Gasteiger partial charge is 0.341 e. The molecule has 21 heavy (non-hydrogen) atoms. The highest BCUT2D eigenvalue weighted by atomic mass is 16.5. The quantitative estimate of drug-likeness (QED) is 0.637. The van der Waals surface area contributed by atoms with Crippen LogP contribution in [0.15, 0.2) is 36.7 Å². The minimum Gasteiger partial charge on any atom is -0.462 e. The first kappa shape index (κ1) is 14.5. The highest BCUT2D eigenvalue weighted by Gasteiger charge is 2.17. The van der Waals surface area contributed by atoms with Crippen molar-refractivity contribution in [2.45, 2.75) is 6.92 Å². The van der Waals surface area contributed by atoms with Gasteiger partial charge in [-0.2, -0.15) is 5.26 Å². The zero-order valence-electron chi connectivity index (χ0n) is 11.9. The Morgan fingerprint density at radius 3 is 2.95 bits per heavy atom. The molecule has 1 aromatic carbocycles. The number of esters is 1. The standard InChI is InChI=1S/C16H15N3O2/c1-3-21-16(20)14(15-18-7-8-19(15)2)10-12-5-4-6-13(9-12)11-17/h4-10H,3H2,1-2H3/b14-10-.